The first-order valence-corrected chi connectivity index (χ1v) is 11.4. The van der Waals surface area contributed by atoms with Gasteiger partial charge in [0.15, 0.2) is 0 Å². The standard InChI is InChI=1S/C22H31N5O4/c28-21(25-19-8-4-5-9-20(19)27(30)31)14-26-17-10-11-18(26)13-16(12-17)24-22(29)23-15-6-2-1-3-7-15/h4-5,8-9,15-18H,1-3,6-7,10-14H2,(H,25,28)(H2,23,24,29)/t17-,18-/m0/s1. The van der Waals surface area contributed by atoms with Crippen molar-refractivity contribution in [2.45, 2.75) is 82.0 Å². The van der Waals surface area contributed by atoms with E-state index < -0.39 is 4.92 Å². The highest BCUT2D eigenvalue weighted by molar-refractivity contribution is 5.94. The molecule has 3 aliphatic rings. The minimum atomic E-state index is -0.491. The van der Waals surface area contributed by atoms with Crippen molar-refractivity contribution in [1.29, 1.82) is 0 Å². The van der Waals surface area contributed by atoms with Gasteiger partial charge < -0.3 is 16.0 Å². The van der Waals surface area contributed by atoms with Gasteiger partial charge in [-0.2, -0.15) is 0 Å². The summed E-state index contributed by atoms with van der Waals surface area (Å²) in [7, 11) is 0. The molecular formula is C22H31N5O4. The number of nitro groups is 1. The van der Waals surface area contributed by atoms with Crippen LogP contribution in [-0.4, -0.2) is 52.5 Å². The van der Waals surface area contributed by atoms with Crippen LogP contribution in [0, 0.1) is 10.1 Å². The van der Waals surface area contributed by atoms with E-state index in [1.54, 1.807) is 18.2 Å². The Morgan fingerprint density at radius 2 is 1.61 bits per heavy atom. The van der Waals surface area contributed by atoms with Gasteiger partial charge in [-0.15, -0.1) is 0 Å². The maximum atomic E-state index is 12.6. The molecule has 9 nitrogen and oxygen atoms in total. The molecule has 1 saturated carbocycles. The molecule has 1 aromatic rings. The number of nitrogens with zero attached hydrogens (tertiary/aromatic N) is 2. The van der Waals surface area contributed by atoms with Gasteiger partial charge in [0.2, 0.25) is 5.91 Å². The summed E-state index contributed by atoms with van der Waals surface area (Å²) >= 11 is 0. The Labute approximate surface area is 182 Å². The van der Waals surface area contributed by atoms with E-state index in [1.807, 2.05) is 0 Å². The Kier molecular flexibility index (Phi) is 6.70. The molecule has 3 fully saturated rings. The Morgan fingerprint density at radius 1 is 0.968 bits per heavy atom. The highest BCUT2D eigenvalue weighted by Crippen LogP contribution is 2.35. The lowest BCUT2D eigenvalue weighted by Crippen LogP contribution is -2.54. The molecule has 1 aromatic carbocycles. The van der Waals surface area contributed by atoms with Crippen molar-refractivity contribution in [2.24, 2.45) is 0 Å². The lowest BCUT2D eigenvalue weighted by Gasteiger charge is -2.39. The average molecular weight is 430 g/mol. The number of fused-ring (bicyclic) bond motifs is 2. The van der Waals surface area contributed by atoms with Crippen LogP contribution >= 0.6 is 0 Å². The number of carbonyl (C=O) groups excluding carboxylic acids is 2. The van der Waals surface area contributed by atoms with Gasteiger partial charge in [0, 0.05) is 30.2 Å². The number of piperidine rings is 1. The molecule has 2 saturated heterocycles. The molecule has 168 valence electrons. The van der Waals surface area contributed by atoms with E-state index in [2.05, 4.69) is 20.9 Å². The predicted octanol–water partition coefficient (Wildman–Crippen LogP) is 3.16. The van der Waals surface area contributed by atoms with Gasteiger partial charge >= 0.3 is 6.03 Å². The molecule has 2 aliphatic heterocycles. The third-order valence-corrected chi connectivity index (χ3v) is 6.86. The molecule has 2 heterocycles. The van der Waals surface area contributed by atoms with Crippen molar-refractivity contribution in [1.82, 2.24) is 15.5 Å². The van der Waals surface area contributed by atoms with Crippen LogP contribution in [0.1, 0.15) is 57.8 Å². The van der Waals surface area contributed by atoms with Gasteiger partial charge in [-0.05, 0) is 44.6 Å². The summed E-state index contributed by atoms with van der Waals surface area (Å²) in [5.41, 5.74) is 0.117. The number of nitro benzene ring substituents is 1. The summed E-state index contributed by atoms with van der Waals surface area (Å²) in [5, 5.41) is 20.1. The van der Waals surface area contributed by atoms with E-state index >= 15 is 0 Å². The Hall–Kier alpha value is -2.68. The highest BCUT2D eigenvalue weighted by Gasteiger charge is 2.42. The number of anilines is 1. The van der Waals surface area contributed by atoms with Crippen LogP contribution in [-0.2, 0) is 4.79 Å². The van der Waals surface area contributed by atoms with Crippen LogP contribution in [0.5, 0.6) is 0 Å². The van der Waals surface area contributed by atoms with Gasteiger partial charge in [-0.25, -0.2) is 4.79 Å². The fraction of sp³-hybridized carbons (Fsp3) is 0.636. The number of carbonyl (C=O) groups is 2. The predicted molar refractivity (Wildman–Crippen MR) is 117 cm³/mol. The third kappa shape index (κ3) is 5.33. The number of benzene rings is 1. The van der Waals surface area contributed by atoms with Gasteiger partial charge in [0.25, 0.3) is 5.69 Å². The van der Waals surface area contributed by atoms with Crippen LogP contribution in [0.25, 0.3) is 0 Å². The van der Waals surface area contributed by atoms with Gasteiger partial charge in [-0.1, -0.05) is 31.4 Å². The number of amides is 3. The molecule has 0 radical (unpaired) electrons. The first-order valence-electron chi connectivity index (χ1n) is 11.4. The van der Waals surface area contributed by atoms with E-state index in [4.69, 9.17) is 0 Å². The molecule has 3 N–H and O–H groups in total. The second kappa shape index (κ2) is 9.64. The summed E-state index contributed by atoms with van der Waals surface area (Å²) in [4.78, 5) is 37.9. The van der Waals surface area contributed by atoms with Crippen LogP contribution in [0.15, 0.2) is 24.3 Å². The van der Waals surface area contributed by atoms with Crippen molar-refractivity contribution < 1.29 is 14.5 Å². The molecule has 9 heteroatoms. The minimum Gasteiger partial charge on any atom is -0.335 e. The second-order valence-corrected chi connectivity index (χ2v) is 9.00. The van der Waals surface area contributed by atoms with Crippen LogP contribution in [0.4, 0.5) is 16.2 Å². The van der Waals surface area contributed by atoms with Gasteiger partial charge in [-0.3, -0.25) is 19.8 Å². The van der Waals surface area contributed by atoms with Crippen molar-refractivity contribution in [2.75, 3.05) is 11.9 Å². The molecule has 4 rings (SSSR count). The summed E-state index contributed by atoms with van der Waals surface area (Å²) in [6.45, 7) is 0.211. The Morgan fingerprint density at radius 3 is 2.29 bits per heavy atom. The van der Waals surface area contributed by atoms with E-state index in [-0.39, 0.29) is 54.0 Å². The maximum Gasteiger partial charge on any atom is 0.315 e. The minimum absolute atomic E-state index is 0.0705. The van der Waals surface area contributed by atoms with E-state index in [0.717, 1.165) is 38.5 Å². The molecule has 2 bridgehead atoms. The van der Waals surface area contributed by atoms with E-state index in [1.165, 1.54) is 25.3 Å². The monoisotopic (exact) mass is 429 g/mol. The van der Waals surface area contributed by atoms with Crippen molar-refractivity contribution in [3.05, 3.63) is 34.4 Å². The fourth-order valence-electron chi connectivity index (χ4n) is 5.40. The van der Waals surface area contributed by atoms with Gasteiger partial charge in [0.1, 0.15) is 5.69 Å². The van der Waals surface area contributed by atoms with Crippen LogP contribution < -0.4 is 16.0 Å². The number of nitrogens with one attached hydrogen (secondary N) is 3. The molecule has 31 heavy (non-hydrogen) atoms. The Bertz CT molecular complexity index is 812. The third-order valence-electron chi connectivity index (χ3n) is 6.86. The van der Waals surface area contributed by atoms with Crippen molar-refractivity contribution >= 4 is 23.3 Å². The number of para-hydroxylation sites is 2. The zero-order chi connectivity index (χ0) is 21.8. The topological polar surface area (TPSA) is 117 Å². The van der Waals surface area contributed by atoms with Crippen molar-refractivity contribution in [3.8, 4) is 0 Å². The highest BCUT2D eigenvalue weighted by atomic mass is 16.6. The first-order chi connectivity index (χ1) is 15.0. The summed E-state index contributed by atoms with van der Waals surface area (Å²) in [6.07, 6.45) is 9.41. The summed E-state index contributed by atoms with van der Waals surface area (Å²) in [5.74, 6) is -0.243. The lowest BCUT2D eigenvalue weighted by atomic mass is 9.95. The second-order valence-electron chi connectivity index (χ2n) is 9.00. The smallest absolute Gasteiger partial charge is 0.315 e. The molecule has 0 spiro atoms. The number of hydrogen-bond donors (Lipinski definition) is 3. The number of urea groups is 1. The molecule has 1 aliphatic carbocycles. The van der Waals surface area contributed by atoms with Crippen molar-refractivity contribution in [3.63, 3.8) is 0 Å². The van der Waals surface area contributed by atoms with E-state index in [0.29, 0.717) is 0 Å². The molecule has 3 amide bonds. The summed E-state index contributed by atoms with van der Waals surface area (Å²) < 4.78 is 0. The molecule has 0 aromatic heterocycles. The normalized spacial score (nSPS) is 26.3. The largest absolute Gasteiger partial charge is 0.335 e. The fourth-order valence-corrected chi connectivity index (χ4v) is 5.40. The quantitative estimate of drug-likeness (QED) is 0.474. The molecule has 0 unspecified atom stereocenters. The van der Waals surface area contributed by atoms with Crippen LogP contribution in [0.3, 0.4) is 0 Å². The Balaban J connectivity index is 1.28. The number of rotatable bonds is 6. The van der Waals surface area contributed by atoms with E-state index in [9.17, 15) is 19.7 Å². The maximum absolute atomic E-state index is 12.6. The lowest BCUT2D eigenvalue weighted by molar-refractivity contribution is -0.383. The zero-order valence-electron chi connectivity index (χ0n) is 17.7. The average Bonchev–Trinajstić information content (AvgIpc) is 2.97. The number of hydrogen-bond acceptors (Lipinski definition) is 5. The molecular weight excluding hydrogens is 398 g/mol. The SMILES string of the molecule is O=C(CN1[C@H]2CC[C@H]1CC(NC(=O)NC1CCCCC1)C2)Nc1ccccc1[N+](=O)[O-]. The first kappa shape index (κ1) is 21.5. The van der Waals surface area contributed by atoms with Gasteiger partial charge in [0.05, 0.1) is 11.5 Å². The van der Waals surface area contributed by atoms with Crippen LogP contribution in [0.2, 0.25) is 0 Å². The summed E-state index contributed by atoms with van der Waals surface area (Å²) in [6, 6.07) is 7.01. The zero-order valence-corrected chi connectivity index (χ0v) is 17.7. The molecule has 2 atom stereocenters.